The van der Waals surface area contributed by atoms with Crippen LogP contribution in [-0.2, 0) is 4.79 Å². The first-order chi connectivity index (χ1) is 13.9. The molecule has 170 valence electrons. The lowest BCUT2D eigenvalue weighted by Gasteiger charge is -2.33. The number of halogens is 2. The Morgan fingerprint density at radius 1 is 1.30 bits per heavy atom. The second-order valence-corrected chi connectivity index (χ2v) is 7.58. The molecule has 0 aliphatic carbocycles. The summed E-state index contributed by atoms with van der Waals surface area (Å²) in [7, 11) is 3.58. The van der Waals surface area contributed by atoms with Crippen molar-refractivity contribution in [3.63, 3.8) is 0 Å². The maximum absolute atomic E-state index is 13.0. The van der Waals surface area contributed by atoms with Crippen molar-refractivity contribution in [2.75, 3.05) is 46.8 Å². The summed E-state index contributed by atoms with van der Waals surface area (Å²) in [5.41, 5.74) is 0. The Kier molecular flexibility index (Phi) is 12.0. The third-order valence-corrected chi connectivity index (χ3v) is 4.79. The number of hydrogen-bond acceptors (Lipinski definition) is 4. The SMILES string of the molecule is CCNC(=NCC(C)Oc1ccc(F)cc1)NC1CCN(CC(=O)N(C)C)CC1.I. The minimum atomic E-state index is -0.279. The van der Waals surface area contributed by atoms with Crippen molar-refractivity contribution in [1.82, 2.24) is 20.4 Å². The molecular weight excluding hydrogens is 500 g/mol. The molecule has 1 aliphatic rings. The van der Waals surface area contributed by atoms with Crippen LogP contribution in [0.15, 0.2) is 29.3 Å². The summed E-state index contributed by atoms with van der Waals surface area (Å²) in [4.78, 5) is 20.3. The van der Waals surface area contributed by atoms with Crippen LogP contribution in [0.2, 0.25) is 0 Å². The van der Waals surface area contributed by atoms with Crippen molar-refractivity contribution < 1.29 is 13.9 Å². The van der Waals surface area contributed by atoms with E-state index in [0.717, 1.165) is 38.4 Å². The molecule has 0 bridgehead atoms. The topological polar surface area (TPSA) is 69.2 Å². The van der Waals surface area contributed by atoms with Gasteiger partial charge in [0.05, 0.1) is 13.1 Å². The van der Waals surface area contributed by atoms with E-state index in [2.05, 4.69) is 20.5 Å². The fraction of sp³-hybridized carbons (Fsp3) is 0.619. The molecule has 7 nitrogen and oxygen atoms in total. The molecule has 1 amide bonds. The number of carbonyl (C=O) groups is 1. The fourth-order valence-corrected chi connectivity index (χ4v) is 3.08. The van der Waals surface area contributed by atoms with Crippen molar-refractivity contribution >= 4 is 35.8 Å². The van der Waals surface area contributed by atoms with Crippen LogP contribution in [0.25, 0.3) is 0 Å². The fourth-order valence-electron chi connectivity index (χ4n) is 3.08. The van der Waals surface area contributed by atoms with Gasteiger partial charge in [-0.15, -0.1) is 24.0 Å². The zero-order chi connectivity index (χ0) is 21.2. The van der Waals surface area contributed by atoms with Gasteiger partial charge in [-0.25, -0.2) is 9.38 Å². The number of likely N-dealkylation sites (N-methyl/N-ethyl adjacent to an activating group) is 1. The van der Waals surface area contributed by atoms with E-state index in [0.29, 0.717) is 24.9 Å². The number of guanidine groups is 1. The molecule has 1 unspecified atom stereocenters. The highest BCUT2D eigenvalue weighted by atomic mass is 127. The molecule has 1 fully saturated rings. The highest BCUT2D eigenvalue weighted by Crippen LogP contribution is 2.13. The van der Waals surface area contributed by atoms with Gasteiger partial charge in [-0.1, -0.05) is 0 Å². The summed E-state index contributed by atoms with van der Waals surface area (Å²) in [6.45, 7) is 7.49. The lowest BCUT2D eigenvalue weighted by Crippen LogP contribution is -2.50. The zero-order valence-corrected chi connectivity index (χ0v) is 20.7. The van der Waals surface area contributed by atoms with E-state index in [1.54, 1.807) is 31.1 Å². The van der Waals surface area contributed by atoms with Crippen LogP contribution in [0.4, 0.5) is 4.39 Å². The smallest absolute Gasteiger partial charge is 0.236 e. The van der Waals surface area contributed by atoms with Crippen LogP contribution >= 0.6 is 24.0 Å². The molecule has 1 aromatic rings. The van der Waals surface area contributed by atoms with E-state index >= 15 is 0 Å². The number of hydrogen-bond donors (Lipinski definition) is 2. The summed E-state index contributed by atoms with van der Waals surface area (Å²) in [5.74, 6) is 1.26. The number of nitrogens with one attached hydrogen (secondary N) is 2. The van der Waals surface area contributed by atoms with Gasteiger partial charge in [0.25, 0.3) is 0 Å². The molecule has 1 aromatic carbocycles. The second-order valence-electron chi connectivity index (χ2n) is 7.58. The Hall–Kier alpha value is -1.62. The van der Waals surface area contributed by atoms with Gasteiger partial charge in [0, 0.05) is 39.8 Å². The molecule has 1 atom stereocenters. The largest absolute Gasteiger partial charge is 0.489 e. The summed E-state index contributed by atoms with van der Waals surface area (Å²) >= 11 is 0. The first kappa shape index (κ1) is 26.4. The maximum Gasteiger partial charge on any atom is 0.236 e. The molecule has 30 heavy (non-hydrogen) atoms. The van der Waals surface area contributed by atoms with E-state index in [-0.39, 0.29) is 41.8 Å². The van der Waals surface area contributed by atoms with Crippen LogP contribution in [0.5, 0.6) is 5.75 Å². The number of aliphatic imine (C=N–C) groups is 1. The predicted molar refractivity (Wildman–Crippen MR) is 129 cm³/mol. The van der Waals surface area contributed by atoms with Gasteiger partial charge in [0.15, 0.2) is 5.96 Å². The number of nitrogens with zero attached hydrogens (tertiary/aromatic N) is 3. The van der Waals surface area contributed by atoms with Crippen molar-refractivity contribution in [3.05, 3.63) is 30.1 Å². The Balaban J connectivity index is 0.00000450. The number of amides is 1. The minimum absolute atomic E-state index is 0. The van der Waals surface area contributed by atoms with Crippen molar-refractivity contribution in [3.8, 4) is 5.75 Å². The van der Waals surface area contributed by atoms with E-state index in [4.69, 9.17) is 4.74 Å². The number of benzene rings is 1. The average molecular weight is 535 g/mol. The molecule has 0 aromatic heterocycles. The third kappa shape index (κ3) is 9.46. The molecule has 0 radical (unpaired) electrons. The van der Waals surface area contributed by atoms with Gasteiger partial charge >= 0.3 is 0 Å². The molecule has 1 aliphatic heterocycles. The number of rotatable bonds is 8. The first-order valence-corrected chi connectivity index (χ1v) is 10.3. The summed E-state index contributed by atoms with van der Waals surface area (Å²) in [6, 6.07) is 6.33. The van der Waals surface area contributed by atoms with E-state index in [1.807, 2.05) is 13.8 Å². The number of piperidine rings is 1. The van der Waals surface area contributed by atoms with E-state index in [9.17, 15) is 9.18 Å². The van der Waals surface area contributed by atoms with Gasteiger partial charge in [-0.2, -0.15) is 0 Å². The minimum Gasteiger partial charge on any atom is -0.489 e. The zero-order valence-electron chi connectivity index (χ0n) is 18.4. The van der Waals surface area contributed by atoms with Crippen LogP contribution in [0.1, 0.15) is 26.7 Å². The Labute approximate surface area is 196 Å². The Morgan fingerprint density at radius 2 is 1.93 bits per heavy atom. The standard InChI is InChI=1S/C21H34FN5O2.HI/c1-5-23-21(24-14-16(2)29-19-8-6-17(22)7-9-19)25-18-10-12-27(13-11-18)15-20(28)26(3)4;/h6-9,16,18H,5,10-15H2,1-4H3,(H2,23,24,25);1H. The summed E-state index contributed by atoms with van der Waals surface area (Å²) < 4.78 is 18.8. The first-order valence-electron chi connectivity index (χ1n) is 10.3. The van der Waals surface area contributed by atoms with Crippen LogP contribution in [0.3, 0.4) is 0 Å². The number of carbonyl (C=O) groups excluding carboxylic acids is 1. The van der Waals surface area contributed by atoms with Gasteiger partial charge in [0.2, 0.25) is 5.91 Å². The van der Waals surface area contributed by atoms with Gasteiger partial charge in [-0.05, 0) is 51.0 Å². The van der Waals surface area contributed by atoms with Gasteiger partial charge in [-0.3, -0.25) is 9.69 Å². The normalized spacial score (nSPS) is 16.4. The quantitative estimate of drug-likeness (QED) is 0.304. The molecule has 2 N–H and O–H groups in total. The van der Waals surface area contributed by atoms with Crippen molar-refractivity contribution in [1.29, 1.82) is 0 Å². The monoisotopic (exact) mass is 535 g/mol. The summed E-state index contributed by atoms with van der Waals surface area (Å²) in [6.07, 6.45) is 1.80. The van der Waals surface area contributed by atoms with Gasteiger partial charge < -0.3 is 20.3 Å². The Morgan fingerprint density at radius 3 is 2.50 bits per heavy atom. The van der Waals surface area contributed by atoms with E-state index < -0.39 is 0 Å². The maximum atomic E-state index is 13.0. The van der Waals surface area contributed by atoms with Crippen LogP contribution < -0.4 is 15.4 Å². The molecule has 0 saturated carbocycles. The summed E-state index contributed by atoms with van der Waals surface area (Å²) in [5, 5.41) is 6.77. The second kappa shape index (κ2) is 13.6. The highest BCUT2D eigenvalue weighted by molar-refractivity contribution is 14.0. The highest BCUT2D eigenvalue weighted by Gasteiger charge is 2.22. The lowest BCUT2D eigenvalue weighted by atomic mass is 10.1. The molecule has 2 rings (SSSR count). The number of ether oxygens (including phenoxy) is 1. The lowest BCUT2D eigenvalue weighted by molar-refractivity contribution is -0.130. The van der Waals surface area contributed by atoms with Crippen LogP contribution in [-0.4, -0.2) is 80.6 Å². The van der Waals surface area contributed by atoms with Gasteiger partial charge in [0.1, 0.15) is 17.7 Å². The third-order valence-electron chi connectivity index (χ3n) is 4.79. The molecule has 9 heteroatoms. The molecule has 1 saturated heterocycles. The molecule has 1 heterocycles. The molecule has 0 spiro atoms. The number of likely N-dealkylation sites (tertiary alicyclic amines) is 1. The van der Waals surface area contributed by atoms with Crippen LogP contribution in [0, 0.1) is 5.82 Å². The molecular formula is C21H35FIN5O2. The Bertz CT molecular complexity index is 664. The predicted octanol–water partition coefficient (Wildman–Crippen LogP) is 2.32. The van der Waals surface area contributed by atoms with Crippen molar-refractivity contribution in [2.24, 2.45) is 4.99 Å². The average Bonchev–Trinajstić information content (AvgIpc) is 2.69. The van der Waals surface area contributed by atoms with E-state index in [1.165, 1.54) is 12.1 Å². The van der Waals surface area contributed by atoms with Crippen molar-refractivity contribution in [2.45, 2.75) is 38.8 Å².